The Labute approximate surface area is 161 Å². The molecule has 0 radical (unpaired) electrons. The molecule has 0 saturated heterocycles. The lowest BCUT2D eigenvalue weighted by Crippen LogP contribution is -2.37. The Kier molecular flexibility index (Phi) is 7.86. The Balaban J connectivity index is 1.81. The number of nitrogens with zero attached hydrogens (tertiary/aromatic N) is 1. The first-order chi connectivity index (χ1) is 13.0. The highest BCUT2D eigenvalue weighted by molar-refractivity contribution is 5.96. The van der Waals surface area contributed by atoms with Gasteiger partial charge in [-0.05, 0) is 48.7 Å². The summed E-state index contributed by atoms with van der Waals surface area (Å²) in [6, 6.07) is 14.9. The second kappa shape index (κ2) is 10.4. The van der Waals surface area contributed by atoms with Gasteiger partial charge in [-0.15, -0.1) is 0 Å². The summed E-state index contributed by atoms with van der Waals surface area (Å²) in [4.78, 5) is 26.1. The van der Waals surface area contributed by atoms with E-state index in [-0.39, 0.29) is 18.4 Å². The molecule has 2 rings (SSSR count). The second-order valence-electron chi connectivity index (χ2n) is 6.59. The molecular formula is C22H28N2O3. The van der Waals surface area contributed by atoms with Gasteiger partial charge in [-0.25, -0.2) is 0 Å². The second-order valence-corrected chi connectivity index (χ2v) is 6.59. The molecule has 0 aromatic heterocycles. The number of amides is 2. The van der Waals surface area contributed by atoms with Crippen LogP contribution in [0.5, 0.6) is 5.75 Å². The average Bonchev–Trinajstić information content (AvgIpc) is 2.68. The van der Waals surface area contributed by atoms with Crippen LogP contribution < -0.4 is 10.1 Å². The molecule has 144 valence electrons. The number of unbranched alkanes of at least 4 members (excludes halogenated alkanes) is 1. The molecule has 0 saturated carbocycles. The molecule has 0 heterocycles. The van der Waals surface area contributed by atoms with Gasteiger partial charge in [0.1, 0.15) is 5.75 Å². The van der Waals surface area contributed by atoms with Crippen molar-refractivity contribution in [1.29, 1.82) is 0 Å². The Morgan fingerprint density at radius 3 is 2.44 bits per heavy atom. The van der Waals surface area contributed by atoms with Crippen molar-refractivity contribution in [2.24, 2.45) is 0 Å². The Morgan fingerprint density at radius 1 is 1.07 bits per heavy atom. The summed E-state index contributed by atoms with van der Waals surface area (Å²) in [7, 11) is 1.74. The van der Waals surface area contributed by atoms with E-state index in [1.807, 2.05) is 31.2 Å². The first-order valence-corrected chi connectivity index (χ1v) is 9.30. The van der Waals surface area contributed by atoms with Crippen molar-refractivity contribution < 1.29 is 14.3 Å². The Morgan fingerprint density at radius 2 is 1.78 bits per heavy atom. The molecule has 0 atom stereocenters. The van der Waals surface area contributed by atoms with Crippen LogP contribution in [-0.2, 0) is 11.3 Å². The van der Waals surface area contributed by atoms with E-state index in [9.17, 15) is 9.59 Å². The zero-order valence-corrected chi connectivity index (χ0v) is 16.3. The minimum Gasteiger partial charge on any atom is -0.494 e. The summed E-state index contributed by atoms with van der Waals surface area (Å²) in [5, 5.41) is 2.68. The van der Waals surface area contributed by atoms with E-state index >= 15 is 0 Å². The van der Waals surface area contributed by atoms with Crippen molar-refractivity contribution in [3.05, 3.63) is 65.2 Å². The van der Waals surface area contributed by atoms with Gasteiger partial charge in [-0.2, -0.15) is 0 Å². The summed E-state index contributed by atoms with van der Waals surface area (Å²) < 4.78 is 5.58. The Hall–Kier alpha value is -2.82. The SMILES string of the molecule is CCCCOc1ccc(C(=O)NCC(=O)N(C)Cc2ccccc2C)cc1. The molecule has 2 aromatic rings. The quantitative estimate of drug-likeness (QED) is 0.689. The predicted octanol–water partition coefficient (Wildman–Crippen LogP) is 3.56. The monoisotopic (exact) mass is 368 g/mol. The smallest absolute Gasteiger partial charge is 0.251 e. The summed E-state index contributed by atoms with van der Waals surface area (Å²) in [6.07, 6.45) is 2.08. The van der Waals surface area contributed by atoms with Gasteiger partial charge in [0.15, 0.2) is 0 Å². The van der Waals surface area contributed by atoms with E-state index in [1.54, 1.807) is 36.2 Å². The number of nitrogens with one attached hydrogen (secondary N) is 1. The number of ether oxygens (including phenoxy) is 1. The number of benzene rings is 2. The maximum Gasteiger partial charge on any atom is 0.251 e. The van der Waals surface area contributed by atoms with Crippen LogP contribution in [0, 0.1) is 6.92 Å². The third-order valence-corrected chi connectivity index (χ3v) is 4.38. The molecule has 0 aliphatic rings. The van der Waals surface area contributed by atoms with E-state index in [0.29, 0.717) is 18.7 Å². The van der Waals surface area contributed by atoms with Crippen LogP contribution in [-0.4, -0.2) is 36.9 Å². The van der Waals surface area contributed by atoms with Crippen molar-refractivity contribution >= 4 is 11.8 Å². The molecule has 2 aromatic carbocycles. The number of aryl methyl sites for hydroxylation is 1. The summed E-state index contributed by atoms with van der Waals surface area (Å²) in [6.45, 7) is 5.28. The zero-order valence-electron chi connectivity index (χ0n) is 16.3. The van der Waals surface area contributed by atoms with Crippen LogP contribution in [0.3, 0.4) is 0 Å². The van der Waals surface area contributed by atoms with E-state index in [0.717, 1.165) is 29.7 Å². The fourth-order valence-corrected chi connectivity index (χ4v) is 2.56. The number of carbonyl (C=O) groups excluding carboxylic acids is 2. The highest BCUT2D eigenvalue weighted by Crippen LogP contribution is 2.13. The van der Waals surface area contributed by atoms with Crippen LogP contribution in [0.1, 0.15) is 41.3 Å². The highest BCUT2D eigenvalue weighted by Gasteiger charge is 2.13. The van der Waals surface area contributed by atoms with Gasteiger partial charge >= 0.3 is 0 Å². The van der Waals surface area contributed by atoms with Gasteiger partial charge in [-0.3, -0.25) is 9.59 Å². The van der Waals surface area contributed by atoms with E-state index in [1.165, 1.54) is 0 Å². The van der Waals surface area contributed by atoms with E-state index < -0.39 is 0 Å². The van der Waals surface area contributed by atoms with Crippen LogP contribution in [0.25, 0.3) is 0 Å². The van der Waals surface area contributed by atoms with Crippen LogP contribution in [0.2, 0.25) is 0 Å². The van der Waals surface area contributed by atoms with Crippen molar-refractivity contribution in [1.82, 2.24) is 10.2 Å². The van der Waals surface area contributed by atoms with Crippen molar-refractivity contribution in [2.75, 3.05) is 20.2 Å². The average molecular weight is 368 g/mol. The third kappa shape index (κ3) is 6.44. The molecular weight excluding hydrogens is 340 g/mol. The predicted molar refractivity (Wildman–Crippen MR) is 107 cm³/mol. The first kappa shape index (κ1) is 20.5. The number of hydrogen-bond acceptors (Lipinski definition) is 3. The van der Waals surface area contributed by atoms with Crippen LogP contribution in [0.4, 0.5) is 0 Å². The number of likely N-dealkylation sites (N-methyl/N-ethyl adjacent to an activating group) is 1. The van der Waals surface area contributed by atoms with Crippen LogP contribution in [0.15, 0.2) is 48.5 Å². The fraction of sp³-hybridized carbons (Fsp3) is 0.364. The number of hydrogen-bond donors (Lipinski definition) is 1. The van der Waals surface area contributed by atoms with Gasteiger partial charge in [-0.1, -0.05) is 37.6 Å². The molecule has 2 amide bonds. The molecule has 0 aliphatic heterocycles. The molecule has 0 unspecified atom stereocenters. The molecule has 27 heavy (non-hydrogen) atoms. The summed E-state index contributed by atoms with van der Waals surface area (Å²) >= 11 is 0. The summed E-state index contributed by atoms with van der Waals surface area (Å²) in [5.41, 5.74) is 2.74. The van der Waals surface area contributed by atoms with Gasteiger partial charge in [0, 0.05) is 19.2 Å². The lowest BCUT2D eigenvalue weighted by atomic mass is 10.1. The molecule has 1 N–H and O–H groups in total. The van der Waals surface area contributed by atoms with Crippen LogP contribution >= 0.6 is 0 Å². The Bertz CT molecular complexity index is 756. The highest BCUT2D eigenvalue weighted by atomic mass is 16.5. The fourth-order valence-electron chi connectivity index (χ4n) is 2.56. The standard InChI is InChI=1S/C22H28N2O3/c1-4-5-14-27-20-12-10-18(11-13-20)22(26)23-15-21(25)24(3)16-19-9-7-6-8-17(19)2/h6-13H,4-5,14-16H2,1-3H3,(H,23,26). The lowest BCUT2D eigenvalue weighted by Gasteiger charge is -2.19. The maximum absolute atomic E-state index is 12.3. The van der Waals surface area contributed by atoms with Gasteiger partial charge < -0.3 is 15.0 Å². The molecule has 0 fully saturated rings. The molecule has 0 bridgehead atoms. The van der Waals surface area contributed by atoms with Crippen molar-refractivity contribution in [3.63, 3.8) is 0 Å². The van der Waals surface area contributed by atoms with E-state index in [2.05, 4.69) is 12.2 Å². The molecule has 0 spiro atoms. The minimum atomic E-state index is -0.271. The summed E-state index contributed by atoms with van der Waals surface area (Å²) in [5.74, 6) is 0.341. The van der Waals surface area contributed by atoms with Gasteiger partial charge in [0.2, 0.25) is 5.91 Å². The van der Waals surface area contributed by atoms with Crippen molar-refractivity contribution in [3.8, 4) is 5.75 Å². The number of carbonyl (C=O) groups is 2. The maximum atomic E-state index is 12.3. The largest absolute Gasteiger partial charge is 0.494 e. The topological polar surface area (TPSA) is 58.6 Å². The molecule has 5 nitrogen and oxygen atoms in total. The van der Waals surface area contributed by atoms with E-state index in [4.69, 9.17) is 4.74 Å². The molecule has 5 heteroatoms. The zero-order chi connectivity index (χ0) is 19.6. The first-order valence-electron chi connectivity index (χ1n) is 9.30. The van der Waals surface area contributed by atoms with Gasteiger partial charge in [0.05, 0.1) is 13.2 Å². The third-order valence-electron chi connectivity index (χ3n) is 4.38. The lowest BCUT2D eigenvalue weighted by molar-refractivity contribution is -0.129. The van der Waals surface area contributed by atoms with Crippen molar-refractivity contribution in [2.45, 2.75) is 33.2 Å². The van der Waals surface area contributed by atoms with Gasteiger partial charge in [0.25, 0.3) is 5.91 Å². The minimum absolute atomic E-state index is 0.0318. The normalized spacial score (nSPS) is 10.3. The molecule has 0 aliphatic carbocycles. The number of rotatable bonds is 9.